The highest BCUT2D eigenvalue weighted by molar-refractivity contribution is 9.10. The van der Waals surface area contributed by atoms with Crippen molar-refractivity contribution in [1.29, 1.82) is 0 Å². The maximum Gasteiger partial charge on any atom is 0.176 e. The van der Waals surface area contributed by atoms with Gasteiger partial charge in [0, 0.05) is 5.56 Å². The Balaban J connectivity index is 3.03. The van der Waals surface area contributed by atoms with E-state index in [1.165, 1.54) is 0 Å². The molecule has 1 N–H and O–H groups in total. The maximum absolute atomic E-state index is 11.6. The van der Waals surface area contributed by atoms with Crippen molar-refractivity contribution in [2.24, 2.45) is 0 Å². The minimum absolute atomic E-state index is 0.0180. The summed E-state index contributed by atoms with van der Waals surface area (Å²) in [7, 11) is 0. The van der Waals surface area contributed by atoms with Crippen LogP contribution >= 0.6 is 15.9 Å². The van der Waals surface area contributed by atoms with Crippen molar-refractivity contribution in [3.63, 3.8) is 0 Å². The molecule has 1 unspecified atom stereocenters. The molecule has 0 aliphatic heterocycles. The zero-order valence-corrected chi connectivity index (χ0v) is 9.84. The second-order valence-electron chi connectivity index (χ2n) is 3.28. The normalized spacial score (nSPS) is 12.6. The summed E-state index contributed by atoms with van der Waals surface area (Å²) >= 11 is 3.24. The summed E-state index contributed by atoms with van der Waals surface area (Å²) in [6.07, 6.45) is 0. The van der Waals surface area contributed by atoms with Gasteiger partial charge in [0.15, 0.2) is 5.78 Å². The fourth-order valence-electron chi connectivity index (χ4n) is 1.26. The Labute approximate surface area is 92.1 Å². The lowest BCUT2D eigenvalue weighted by atomic mass is 10.0. The van der Waals surface area contributed by atoms with Gasteiger partial charge < -0.3 is 5.11 Å². The van der Waals surface area contributed by atoms with E-state index in [0.29, 0.717) is 5.56 Å². The lowest BCUT2D eigenvalue weighted by Gasteiger charge is -2.06. The zero-order chi connectivity index (χ0) is 10.7. The highest BCUT2D eigenvalue weighted by Gasteiger charge is 2.12. The summed E-state index contributed by atoms with van der Waals surface area (Å²) < 4.78 is 0. The third kappa shape index (κ3) is 2.42. The van der Waals surface area contributed by atoms with Crippen LogP contribution < -0.4 is 0 Å². The molecule has 1 rings (SSSR count). The second kappa shape index (κ2) is 4.71. The Kier molecular flexibility index (Phi) is 3.84. The fraction of sp³-hybridized carbons (Fsp3) is 0.364. The van der Waals surface area contributed by atoms with Crippen molar-refractivity contribution < 1.29 is 9.90 Å². The summed E-state index contributed by atoms with van der Waals surface area (Å²) in [6.45, 7) is 3.71. The van der Waals surface area contributed by atoms with Crippen molar-refractivity contribution in [3.8, 4) is 0 Å². The first-order valence-electron chi connectivity index (χ1n) is 4.45. The summed E-state index contributed by atoms with van der Waals surface area (Å²) in [5.41, 5.74) is 2.50. The van der Waals surface area contributed by atoms with E-state index in [1.807, 2.05) is 13.0 Å². The first-order valence-corrected chi connectivity index (χ1v) is 5.36. The smallest absolute Gasteiger partial charge is 0.176 e. The minimum Gasteiger partial charge on any atom is -0.392 e. The number of aryl methyl sites for hydroxylation is 1. The number of halogens is 1. The van der Waals surface area contributed by atoms with Gasteiger partial charge in [0.1, 0.15) is 0 Å². The van der Waals surface area contributed by atoms with Crippen molar-refractivity contribution >= 4 is 21.7 Å². The molecule has 14 heavy (non-hydrogen) atoms. The van der Waals surface area contributed by atoms with E-state index in [4.69, 9.17) is 5.11 Å². The van der Waals surface area contributed by atoms with Gasteiger partial charge in [-0.3, -0.25) is 4.79 Å². The SMILES string of the molecule is Cc1cc(C(=O)C(C)Br)ccc1CO. The topological polar surface area (TPSA) is 37.3 Å². The van der Waals surface area contributed by atoms with Crippen LogP contribution in [0.25, 0.3) is 0 Å². The quantitative estimate of drug-likeness (QED) is 0.667. The first-order chi connectivity index (χ1) is 6.56. The van der Waals surface area contributed by atoms with Crippen LogP contribution in [0.4, 0.5) is 0 Å². The Morgan fingerprint density at radius 1 is 1.57 bits per heavy atom. The Bertz CT molecular complexity index is 345. The molecule has 2 nitrogen and oxygen atoms in total. The van der Waals surface area contributed by atoms with E-state index in [-0.39, 0.29) is 17.2 Å². The van der Waals surface area contributed by atoms with Crippen LogP contribution in [0.15, 0.2) is 18.2 Å². The highest BCUT2D eigenvalue weighted by Crippen LogP contribution is 2.15. The van der Waals surface area contributed by atoms with E-state index < -0.39 is 0 Å². The van der Waals surface area contributed by atoms with Crippen LogP contribution in [-0.4, -0.2) is 15.7 Å². The fourth-order valence-corrected chi connectivity index (χ4v) is 1.52. The molecule has 3 heteroatoms. The number of rotatable bonds is 3. The number of ketones is 1. The molecule has 0 amide bonds. The van der Waals surface area contributed by atoms with Gasteiger partial charge in [-0.25, -0.2) is 0 Å². The Morgan fingerprint density at radius 2 is 2.21 bits per heavy atom. The monoisotopic (exact) mass is 256 g/mol. The van der Waals surface area contributed by atoms with Crippen LogP contribution in [0.5, 0.6) is 0 Å². The minimum atomic E-state index is -0.165. The average Bonchev–Trinajstić information content (AvgIpc) is 2.16. The van der Waals surface area contributed by atoms with Crippen molar-refractivity contribution in [2.75, 3.05) is 0 Å². The molecule has 0 spiro atoms. The molecule has 0 radical (unpaired) electrons. The number of benzene rings is 1. The van der Waals surface area contributed by atoms with Crippen LogP contribution in [-0.2, 0) is 6.61 Å². The second-order valence-corrected chi connectivity index (χ2v) is 4.65. The number of hydrogen-bond acceptors (Lipinski definition) is 2. The summed E-state index contributed by atoms with van der Waals surface area (Å²) in [5.74, 6) is 0.0672. The number of alkyl halides is 1. The third-order valence-corrected chi connectivity index (χ3v) is 2.57. The van der Waals surface area contributed by atoms with Crippen LogP contribution in [0.1, 0.15) is 28.4 Å². The van der Waals surface area contributed by atoms with Gasteiger partial charge in [0.05, 0.1) is 11.4 Å². The van der Waals surface area contributed by atoms with Crippen LogP contribution in [0.3, 0.4) is 0 Å². The molecular formula is C11H13BrO2. The van der Waals surface area contributed by atoms with Gasteiger partial charge >= 0.3 is 0 Å². The van der Waals surface area contributed by atoms with Gasteiger partial charge in [0.25, 0.3) is 0 Å². The Morgan fingerprint density at radius 3 is 2.64 bits per heavy atom. The van der Waals surface area contributed by atoms with Crippen LogP contribution in [0, 0.1) is 6.92 Å². The van der Waals surface area contributed by atoms with Crippen molar-refractivity contribution in [3.05, 3.63) is 34.9 Å². The molecule has 0 heterocycles. The molecule has 0 saturated heterocycles. The molecule has 0 aromatic heterocycles. The molecular weight excluding hydrogens is 244 g/mol. The van der Waals surface area contributed by atoms with Gasteiger partial charge in [-0.2, -0.15) is 0 Å². The third-order valence-electron chi connectivity index (χ3n) is 2.16. The predicted molar refractivity (Wildman–Crippen MR) is 59.8 cm³/mol. The largest absolute Gasteiger partial charge is 0.392 e. The Hall–Kier alpha value is -0.670. The van der Waals surface area contributed by atoms with E-state index in [9.17, 15) is 4.79 Å². The molecule has 1 aromatic rings. The average molecular weight is 257 g/mol. The molecule has 0 fully saturated rings. The molecule has 0 aliphatic carbocycles. The summed E-state index contributed by atoms with van der Waals surface area (Å²) in [6, 6.07) is 5.35. The number of aliphatic hydroxyl groups excluding tert-OH is 1. The lowest BCUT2D eigenvalue weighted by molar-refractivity contribution is 0.0995. The van der Waals surface area contributed by atoms with Crippen molar-refractivity contribution in [1.82, 2.24) is 0 Å². The van der Waals surface area contributed by atoms with E-state index in [2.05, 4.69) is 15.9 Å². The maximum atomic E-state index is 11.6. The van der Waals surface area contributed by atoms with Gasteiger partial charge in [-0.15, -0.1) is 0 Å². The van der Waals surface area contributed by atoms with Gasteiger partial charge in [-0.05, 0) is 31.0 Å². The molecule has 1 aromatic carbocycles. The number of aliphatic hydroxyl groups is 1. The predicted octanol–water partition coefficient (Wildman–Crippen LogP) is 2.45. The molecule has 0 aliphatic rings. The van der Waals surface area contributed by atoms with Gasteiger partial charge in [0.2, 0.25) is 0 Å². The zero-order valence-electron chi connectivity index (χ0n) is 8.25. The number of Topliss-reactive ketones (excluding diaryl/α,β-unsaturated/α-hetero) is 1. The number of hydrogen-bond donors (Lipinski definition) is 1. The van der Waals surface area contributed by atoms with Crippen LogP contribution in [0.2, 0.25) is 0 Å². The van der Waals surface area contributed by atoms with E-state index >= 15 is 0 Å². The summed E-state index contributed by atoms with van der Waals surface area (Å²) in [5, 5.41) is 8.96. The first kappa shape index (κ1) is 11.4. The van der Waals surface area contributed by atoms with E-state index in [1.54, 1.807) is 19.1 Å². The van der Waals surface area contributed by atoms with E-state index in [0.717, 1.165) is 11.1 Å². The van der Waals surface area contributed by atoms with Crippen molar-refractivity contribution in [2.45, 2.75) is 25.3 Å². The highest BCUT2D eigenvalue weighted by atomic mass is 79.9. The molecule has 76 valence electrons. The van der Waals surface area contributed by atoms with Gasteiger partial charge in [-0.1, -0.05) is 28.1 Å². The number of carbonyl (C=O) groups excluding carboxylic acids is 1. The molecule has 0 bridgehead atoms. The molecule has 0 saturated carbocycles. The lowest BCUT2D eigenvalue weighted by Crippen LogP contribution is -2.10. The number of carbonyl (C=O) groups is 1. The summed E-state index contributed by atoms with van der Waals surface area (Å²) in [4.78, 5) is 11.4. The standard InChI is InChI=1S/C11H13BrO2/c1-7-5-9(11(14)8(2)12)3-4-10(7)6-13/h3-5,8,13H,6H2,1-2H3. The molecule has 1 atom stereocenters.